The standard InChI is InChI=1S/C21H26FN3O6S/c1-21(2,3)31-20(28)24-11-9-23(10-12-24)14-15-7-8-25(19(27)18(15)26)32(29,30)17-6-4-5-16(22)13-17/h4-8,13,26H,9-12,14H2,1-3H3. The van der Waals surface area contributed by atoms with Crippen molar-refractivity contribution in [2.45, 2.75) is 37.8 Å². The van der Waals surface area contributed by atoms with Crippen molar-refractivity contribution in [2.24, 2.45) is 0 Å². The molecule has 11 heteroatoms. The second-order valence-electron chi connectivity index (χ2n) is 8.50. The highest BCUT2D eigenvalue weighted by Gasteiger charge is 2.27. The van der Waals surface area contributed by atoms with Gasteiger partial charge in [-0.05, 0) is 45.0 Å². The second-order valence-corrected chi connectivity index (χ2v) is 10.3. The first-order valence-corrected chi connectivity index (χ1v) is 11.5. The number of nitrogens with zero attached hydrogens (tertiary/aromatic N) is 3. The zero-order valence-corrected chi connectivity index (χ0v) is 18.9. The zero-order valence-electron chi connectivity index (χ0n) is 18.1. The Hall–Kier alpha value is -2.92. The zero-order chi connectivity index (χ0) is 23.7. The number of pyridine rings is 1. The molecule has 1 aliphatic heterocycles. The first kappa shape index (κ1) is 23.7. The lowest BCUT2D eigenvalue weighted by Crippen LogP contribution is -2.49. The van der Waals surface area contributed by atoms with Crippen molar-refractivity contribution in [1.82, 2.24) is 13.8 Å². The average molecular weight is 468 g/mol. The average Bonchev–Trinajstić information content (AvgIpc) is 2.70. The van der Waals surface area contributed by atoms with E-state index < -0.39 is 43.7 Å². The lowest BCUT2D eigenvalue weighted by molar-refractivity contribution is 0.0138. The number of hydrogen-bond donors (Lipinski definition) is 1. The van der Waals surface area contributed by atoms with Crippen LogP contribution in [0.3, 0.4) is 0 Å². The molecule has 0 spiro atoms. The molecule has 2 aromatic rings. The number of rotatable bonds is 4. The van der Waals surface area contributed by atoms with Crippen molar-refractivity contribution in [3.05, 3.63) is 58.3 Å². The molecule has 1 amide bonds. The number of halogens is 1. The quantitative estimate of drug-likeness (QED) is 0.732. The van der Waals surface area contributed by atoms with E-state index in [0.29, 0.717) is 30.2 Å². The van der Waals surface area contributed by atoms with Gasteiger partial charge in [0.25, 0.3) is 10.0 Å². The Labute approximate surface area is 185 Å². The summed E-state index contributed by atoms with van der Waals surface area (Å²) in [5, 5.41) is 10.4. The van der Waals surface area contributed by atoms with Crippen LogP contribution < -0.4 is 5.56 Å². The van der Waals surface area contributed by atoms with Crippen LogP contribution in [0.4, 0.5) is 9.18 Å². The Kier molecular flexibility index (Phi) is 6.61. The molecule has 3 rings (SSSR count). The Balaban J connectivity index is 1.72. The molecular formula is C21H26FN3O6S. The largest absolute Gasteiger partial charge is 0.503 e. The Morgan fingerprint density at radius 1 is 1.16 bits per heavy atom. The van der Waals surface area contributed by atoms with Gasteiger partial charge in [-0.15, -0.1) is 0 Å². The first-order chi connectivity index (χ1) is 14.9. The maximum atomic E-state index is 13.4. The Morgan fingerprint density at radius 2 is 1.81 bits per heavy atom. The van der Waals surface area contributed by atoms with Gasteiger partial charge in [0.05, 0.1) is 4.90 Å². The van der Waals surface area contributed by atoms with E-state index in [1.165, 1.54) is 18.2 Å². The fourth-order valence-electron chi connectivity index (χ4n) is 3.26. The van der Waals surface area contributed by atoms with Gasteiger partial charge >= 0.3 is 11.7 Å². The number of aromatic nitrogens is 1. The summed E-state index contributed by atoms with van der Waals surface area (Å²) in [6.07, 6.45) is 0.652. The van der Waals surface area contributed by atoms with E-state index in [2.05, 4.69) is 0 Å². The molecule has 1 aromatic heterocycles. The van der Waals surface area contributed by atoms with Gasteiger partial charge < -0.3 is 14.7 Å². The number of piperazine rings is 1. The number of hydrogen-bond acceptors (Lipinski definition) is 7. The van der Waals surface area contributed by atoms with E-state index in [1.807, 2.05) is 4.90 Å². The summed E-state index contributed by atoms with van der Waals surface area (Å²) >= 11 is 0. The van der Waals surface area contributed by atoms with Crippen molar-refractivity contribution in [2.75, 3.05) is 26.2 Å². The van der Waals surface area contributed by atoms with Crippen LogP contribution >= 0.6 is 0 Å². The molecule has 32 heavy (non-hydrogen) atoms. The van der Waals surface area contributed by atoms with Crippen LogP contribution in [-0.4, -0.2) is 65.2 Å². The maximum absolute atomic E-state index is 13.4. The highest BCUT2D eigenvalue weighted by molar-refractivity contribution is 7.90. The number of carbonyl (C=O) groups excluding carboxylic acids is 1. The maximum Gasteiger partial charge on any atom is 0.410 e. The molecule has 174 valence electrons. The molecule has 0 unspecified atom stereocenters. The van der Waals surface area contributed by atoms with E-state index in [0.717, 1.165) is 18.3 Å². The van der Waals surface area contributed by atoms with E-state index in [1.54, 1.807) is 25.7 Å². The van der Waals surface area contributed by atoms with Crippen LogP contribution in [0.5, 0.6) is 5.75 Å². The van der Waals surface area contributed by atoms with E-state index in [-0.39, 0.29) is 12.1 Å². The van der Waals surface area contributed by atoms with Crippen molar-refractivity contribution < 1.29 is 27.4 Å². The van der Waals surface area contributed by atoms with Crippen LogP contribution in [0, 0.1) is 5.82 Å². The van der Waals surface area contributed by atoms with Crippen LogP contribution in [-0.2, 0) is 21.3 Å². The van der Waals surface area contributed by atoms with Gasteiger partial charge in [0.15, 0.2) is 5.75 Å². The smallest absolute Gasteiger partial charge is 0.410 e. The van der Waals surface area contributed by atoms with Crippen LogP contribution in [0.2, 0.25) is 0 Å². The molecular weight excluding hydrogens is 441 g/mol. The third-order valence-electron chi connectivity index (χ3n) is 4.89. The predicted molar refractivity (Wildman–Crippen MR) is 114 cm³/mol. The molecule has 0 bridgehead atoms. The summed E-state index contributed by atoms with van der Waals surface area (Å²) in [6.45, 7) is 7.39. The molecule has 2 heterocycles. The molecule has 1 aromatic carbocycles. The second kappa shape index (κ2) is 8.91. The highest BCUT2D eigenvalue weighted by atomic mass is 32.2. The highest BCUT2D eigenvalue weighted by Crippen LogP contribution is 2.19. The SMILES string of the molecule is CC(C)(C)OC(=O)N1CCN(Cc2ccn(S(=O)(=O)c3cccc(F)c3)c(=O)c2O)CC1. The number of amides is 1. The Morgan fingerprint density at radius 3 is 2.41 bits per heavy atom. The van der Waals surface area contributed by atoms with Crippen molar-refractivity contribution in [3.63, 3.8) is 0 Å². The summed E-state index contributed by atoms with van der Waals surface area (Å²) in [5.74, 6) is -1.45. The molecule has 1 saturated heterocycles. The van der Waals surface area contributed by atoms with E-state index in [4.69, 9.17) is 4.74 Å². The van der Waals surface area contributed by atoms with Crippen LogP contribution in [0.15, 0.2) is 46.2 Å². The van der Waals surface area contributed by atoms with Crippen LogP contribution in [0.25, 0.3) is 0 Å². The first-order valence-electron chi connectivity index (χ1n) is 10.0. The van der Waals surface area contributed by atoms with E-state index in [9.17, 15) is 27.5 Å². The molecule has 1 aliphatic rings. The van der Waals surface area contributed by atoms with Gasteiger partial charge in [-0.2, -0.15) is 0 Å². The van der Waals surface area contributed by atoms with Crippen molar-refractivity contribution in [1.29, 1.82) is 0 Å². The number of benzene rings is 1. The fraction of sp³-hybridized carbons (Fsp3) is 0.429. The molecule has 9 nitrogen and oxygen atoms in total. The third-order valence-corrected chi connectivity index (χ3v) is 6.54. The fourth-order valence-corrected chi connectivity index (χ4v) is 4.52. The minimum Gasteiger partial charge on any atom is -0.503 e. The summed E-state index contributed by atoms with van der Waals surface area (Å²) in [7, 11) is -4.36. The van der Waals surface area contributed by atoms with Gasteiger partial charge in [-0.1, -0.05) is 6.07 Å². The summed E-state index contributed by atoms with van der Waals surface area (Å²) in [4.78, 5) is 27.9. The molecule has 1 fully saturated rings. The van der Waals surface area contributed by atoms with E-state index >= 15 is 0 Å². The Bertz CT molecular complexity index is 1160. The van der Waals surface area contributed by atoms with Gasteiger partial charge in [0.1, 0.15) is 11.4 Å². The topological polar surface area (TPSA) is 109 Å². The summed E-state index contributed by atoms with van der Waals surface area (Å²) in [5.41, 5.74) is -1.44. The number of carbonyl (C=O) groups is 1. The molecule has 0 saturated carbocycles. The van der Waals surface area contributed by atoms with Gasteiger partial charge in [-0.3, -0.25) is 9.69 Å². The number of ether oxygens (including phenoxy) is 1. The third kappa shape index (κ3) is 5.28. The molecule has 1 N–H and O–H groups in total. The van der Waals surface area contributed by atoms with Gasteiger partial charge in [0, 0.05) is 44.5 Å². The lowest BCUT2D eigenvalue weighted by atomic mass is 10.2. The minimum atomic E-state index is -4.36. The van der Waals surface area contributed by atoms with Gasteiger partial charge in [-0.25, -0.2) is 21.6 Å². The lowest BCUT2D eigenvalue weighted by Gasteiger charge is -2.35. The number of aromatic hydroxyl groups is 1. The normalized spacial score (nSPS) is 15.6. The van der Waals surface area contributed by atoms with Gasteiger partial charge in [0.2, 0.25) is 0 Å². The van der Waals surface area contributed by atoms with Crippen LogP contribution in [0.1, 0.15) is 26.3 Å². The monoisotopic (exact) mass is 467 g/mol. The molecule has 0 atom stereocenters. The minimum absolute atomic E-state index is 0.198. The van der Waals surface area contributed by atoms with Crippen molar-refractivity contribution >= 4 is 16.1 Å². The molecule has 0 aliphatic carbocycles. The predicted octanol–water partition coefficient (Wildman–Crippen LogP) is 1.98. The summed E-state index contributed by atoms with van der Waals surface area (Å²) in [6, 6.07) is 5.62. The van der Waals surface area contributed by atoms with Crippen molar-refractivity contribution in [3.8, 4) is 5.75 Å². The summed E-state index contributed by atoms with van der Waals surface area (Å²) < 4.78 is 44.6. The molecule has 0 radical (unpaired) electrons.